The maximum atomic E-state index is 10.5. The van der Waals surface area contributed by atoms with Gasteiger partial charge < -0.3 is 10.0 Å². The molecule has 1 N–H and O–H groups in total. The van der Waals surface area contributed by atoms with Gasteiger partial charge >= 0.3 is 5.97 Å². The van der Waals surface area contributed by atoms with Gasteiger partial charge in [0.05, 0.1) is 5.56 Å². The molecule has 0 atom stereocenters. The van der Waals surface area contributed by atoms with Gasteiger partial charge in [0.15, 0.2) is 0 Å². The second-order valence-corrected chi connectivity index (χ2v) is 2.88. The fourth-order valence-electron chi connectivity index (χ4n) is 1.03. The molecule has 0 amide bonds. The lowest BCUT2D eigenvalue weighted by Gasteiger charge is -2.15. The molecule has 0 saturated heterocycles. The Hall–Kier alpha value is -1.84. The minimum Gasteiger partial charge on any atom is -0.478 e. The van der Waals surface area contributed by atoms with E-state index in [2.05, 4.69) is 11.6 Å². The Labute approximate surface area is 82.5 Å². The zero-order valence-electron chi connectivity index (χ0n) is 7.97. The van der Waals surface area contributed by atoms with Crippen molar-refractivity contribution in [2.45, 2.75) is 0 Å². The van der Waals surface area contributed by atoms with Crippen molar-refractivity contribution in [3.63, 3.8) is 0 Å². The van der Waals surface area contributed by atoms with Crippen molar-refractivity contribution in [3.8, 4) is 0 Å². The highest BCUT2D eigenvalue weighted by Crippen LogP contribution is 2.09. The molecule has 1 aromatic heterocycles. The predicted molar refractivity (Wildman–Crippen MR) is 54.7 cm³/mol. The molecule has 0 bridgehead atoms. The van der Waals surface area contributed by atoms with Crippen molar-refractivity contribution in [1.29, 1.82) is 0 Å². The number of hydrogen-bond acceptors (Lipinski definition) is 3. The van der Waals surface area contributed by atoms with Crippen LogP contribution in [0.15, 0.2) is 31.0 Å². The van der Waals surface area contributed by atoms with Crippen LogP contribution in [0.3, 0.4) is 0 Å². The molecule has 0 fully saturated rings. The highest BCUT2D eigenvalue weighted by atomic mass is 16.4. The largest absolute Gasteiger partial charge is 0.478 e. The first kappa shape index (κ1) is 10.2. The Morgan fingerprint density at radius 1 is 1.71 bits per heavy atom. The Kier molecular flexibility index (Phi) is 3.23. The number of rotatable bonds is 4. The van der Waals surface area contributed by atoms with Crippen molar-refractivity contribution in [2.24, 2.45) is 0 Å². The lowest BCUT2D eigenvalue weighted by atomic mass is 10.3. The number of aromatic nitrogens is 1. The first-order chi connectivity index (χ1) is 6.65. The van der Waals surface area contributed by atoms with E-state index in [4.69, 9.17) is 5.11 Å². The molecular weight excluding hydrogens is 180 g/mol. The molecule has 0 unspecified atom stereocenters. The summed E-state index contributed by atoms with van der Waals surface area (Å²) in [4.78, 5) is 16.4. The summed E-state index contributed by atoms with van der Waals surface area (Å²) in [5, 5.41) is 8.65. The predicted octanol–water partition coefficient (Wildman–Crippen LogP) is 1.40. The van der Waals surface area contributed by atoms with Crippen LogP contribution in [0.4, 0.5) is 5.82 Å². The van der Waals surface area contributed by atoms with Crippen LogP contribution >= 0.6 is 0 Å². The lowest BCUT2D eigenvalue weighted by molar-refractivity contribution is 0.0696. The summed E-state index contributed by atoms with van der Waals surface area (Å²) in [6.45, 7) is 4.29. The third kappa shape index (κ3) is 2.32. The molecule has 4 heteroatoms. The summed E-state index contributed by atoms with van der Waals surface area (Å²) in [6.07, 6.45) is 3.10. The topological polar surface area (TPSA) is 53.4 Å². The highest BCUT2D eigenvalue weighted by Gasteiger charge is 2.04. The normalized spacial score (nSPS) is 9.50. The smallest absolute Gasteiger partial charge is 0.337 e. The van der Waals surface area contributed by atoms with E-state index in [0.29, 0.717) is 6.54 Å². The van der Waals surface area contributed by atoms with Gasteiger partial charge in [0.1, 0.15) is 5.82 Å². The third-order valence-corrected chi connectivity index (χ3v) is 1.79. The molecule has 0 aromatic carbocycles. The van der Waals surface area contributed by atoms with Crippen LogP contribution in [0.1, 0.15) is 10.4 Å². The summed E-state index contributed by atoms with van der Waals surface area (Å²) >= 11 is 0. The molecule has 0 saturated carbocycles. The first-order valence-electron chi connectivity index (χ1n) is 4.16. The van der Waals surface area contributed by atoms with Gasteiger partial charge in [0.25, 0.3) is 0 Å². The first-order valence-corrected chi connectivity index (χ1v) is 4.16. The molecule has 0 aliphatic rings. The van der Waals surface area contributed by atoms with Gasteiger partial charge in [-0.05, 0) is 12.1 Å². The van der Waals surface area contributed by atoms with E-state index in [0.717, 1.165) is 5.82 Å². The number of likely N-dealkylation sites (N-methyl/N-ethyl adjacent to an activating group) is 1. The Bertz CT molecular complexity index is 332. The van der Waals surface area contributed by atoms with Gasteiger partial charge in [-0.15, -0.1) is 6.58 Å². The number of aromatic carboxylic acids is 1. The van der Waals surface area contributed by atoms with Crippen LogP contribution in [0.5, 0.6) is 0 Å². The average Bonchev–Trinajstić information content (AvgIpc) is 2.18. The molecule has 14 heavy (non-hydrogen) atoms. The quantitative estimate of drug-likeness (QED) is 0.733. The summed E-state index contributed by atoms with van der Waals surface area (Å²) in [7, 11) is 1.87. The maximum absolute atomic E-state index is 10.5. The number of hydrogen-bond donors (Lipinski definition) is 1. The minimum atomic E-state index is -0.963. The van der Waals surface area contributed by atoms with Gasteiger partial charge in [-0.25, -0.2) is 9.78 Å². The molecule has 4 nitrogen and oxygen atoms in total. The van der Waals surface area contributed by atoms with Gasteiger partial charge in [-0.1, -0.05) is 6.08 Å². The second kappa shape index (κ2) is 4.41. The van der Waals surface area contributed by atoms with Crippen LogP contribution in [-0.4, -0.2) is 29.7 Å². The Balaban J connectivity index is 2.82. The van der Waals surface area contributed by atoms with Crippen molar-refractivity contribution >= 4 is 11.8 Å². The zero-order chi connectivity index (χ0) is 10.6. The van der Waals surface area contributed by atoms with E-state index < -0.39 is 5.97 Å². The van der Waals surface area contributed by atoms with E-state index in [1.54, 1.807) is 12.1 Å². The standard InChI is InChI=1S/C10H12N2O2/c1-3-6-12(2)9-5-4-8(7-11-9)10(13)14/h3-5,7H,1,6H2,2H3,(H,13,14). The summed E-state index contributed by atoms with van der Waals surface area (Å²) in [6, 6.07) is 3.21. The second-order valence-electron chi connectivity index (χ2n) is 2.88. The van der Waals surface area contributed by atoms with E-state index in [1.165, 1.54) is 12.3 Å². The fraction of sp³-hybridized carbons (Fsp3) is 0.200. The number of anilines is 1. The number of carboxylic acids is 1. The molecule has 1 aromatic rings. The van der Waals surface area contributed by atoms with Crippen LogP contribution in [0.25, 0.3) is 0 Å². The zero-order valence-corrected chi connectivity index (χ0v) is 7.97. The molecule has 74 valence electrons. The summed E-state index contributed by atoms with van der Waals surface area (Å²) in [5.74, 6) is -0.231. The van der Waals surface area contributed by atoms with Crippen molar-refractivity contribution in [2.75, 3.05) is 18.5 Å². The average molecular weight is 192 g/mol. The maximum Gasteiger partial charge on any atom is 0.337 e. The monoisotopic (exact) mass is 192 g/mol. The van der Waals surface area contributed by atoms with Crippen molar-refractivity contribution in [3.05, 3.63) is 36.5 Å². The van der Waals surface area contributed by atoms with Crippen LogP contribution in [0, 0.1) is 0 Å². The highest BCUT2D eigenvalue weighted by molar-refractivity contribution is 5.87. The molecule has 0 aliphatic carbocycles. The molecular formula is C10H12N2O2. The molecule has 0 spiro atoms. The van der Waals surface area contributed by atoms with E-state index in [9.17, 15) is 4.79 Å². The number of carbonyl (C=O) groups is 1. The third-order valence-electron chi connectivity index (χ3n) is 1.79. The van der Waals surface area contributed by atoms with Gasteiger partial charge in [0, 0.05) is 19.8 Å². The minimum absolute atomic E-state index is 0.195. The van der Waals surface area contributed by atoms with Gasteiger partial charge in [0.2, 0.25) is 0 Å². The molecule has 1 rings (SSSR count). The van der Waals surface area contributed by atoms with Crippen molar-refractivity contribution < 1.29 is 9.90 Å². The SMILES string of the molecule is C=CCN(C)c1ccc(C(=O)O)cn1. The van der Waals surface area contributed by atoms with Gasteiger partial charge in [-0.3, -0.25) is 0 Å². The van der Waals surface area contributed by atoms with E-state index in [-0.39, 0.29) is 5.56 Å². The summed E-state index contributed by atoms with van der Waals surface area (Å²) < 4.78 is 0. The van der Waals surface area contributed by atoms with Crippen LogP contribution < -0.4 is 4.90 Å². The number of pyridine rings is 1. The molecule has 0 radical (unpaired) electrons. The number of carboxylic acid groups (broad SMARTS) is 1. The van der Waals surface area contributed by atoms with E-state index in [1.807, 2.05) is 11.9 Å². The Morgan fingerprint density at radius 2 is 2.43 bits per heavy atom. The fourth-order valence-corrected chi connectivity index (χ4v) is 1.03. The van der Waals surface area contributed by atoms with Crippen LogP contribution in [0.2, 0.25) is 0 Å². The van der Waals surface area contributed by atoms with Crippen molar-refractivity contribution in [1.82, 2.24) is 4.98 Å². The van der Waals surface area contributed by atoms with Gasteiger partial charge in [-0.2, -0.15) is 0 Å². The lowest BCUT2D eigenvalue weighted by Crippen LogP contribution is -2.17. The molecule has 0 aliphatic heterocycles. The molecule has 1 heterocycles. The number of nitrogens with zero attached hydrogens (tertiary/aromatic N) is 2. The van der Waals surface area contributed by atoms with E-state index >= 15 is 0 Å². The summed E-state index contributed by atoms with van der Waals surface area (Å²) in [5.41, 5.74) is 0.195. The van der Waals surface area contributed by atoms with Crippen LogP contribution in [-0.2, 0) is 0 Å². The Morgan fingerprint density at radius 3 is 2.86 bits per heavy atom.